The lowest BCUT2D eigenvalue weighted by Gasteiger charge is -2.16. The van der Waals surface area contributed by atoms with Gasteiger partial charge >= 0.3 is 0 Å². The summed E-state index contributed by atoms with van der Waals surface area (Å²) in [4.78, 5) is 21.8. The number of hydrogen-bond acceptors (Lipinski definition) is 5. The highest BCUT2D eigenvalue weighted by Crippen LogP contribution is 2.22. The average molecular weight is 415 g/mol. The highest BCUT2D eigenvalue weighted by Gasteiger charge is 2.20. The van der Waals surface area contributed by atoms with Crippen molar-refractivity contribution in [3.8, 4) is 17.0 Å². The molecule has 2 aromatic carbocycles. The van der Waals surface area contributed by atoms with E-state index < -0.39 is 0 Å². The Bertz CT molecular complexity index is 1200. The maximum atomic E-state index is 12.7. The smallest absolute Gasteiger partial charge is 0.227 e. The van der Waals surface area contributed by atoms with Gasteiger partial charge in [0.2, 0.25) is 5.91 Å². The molecule has 4 rings (SSSR count). The number of nitrogens with one attached hydrogen (secondary N) is 1. The van der Waals surface area contributed by atoms with E-state index in [-0.39, 0.29) is 17.9 Å². The topological polar surface area (TPSA) is 81.4 Å². The third kappa shape index (κ3) is 4.40. The Morgan fingerprint density at radius 3 is 2.45 bits per heavy atom. The lowest BCUT2D eigenvalue weighted by Crippen LogP contribution is -2.31. The first-order valence-corrected chi connectivity index (χ1v) is 10.2. The third-order valence-corrected chi connectivity index (χ3v) is 5.35. The van der Waals surface area contributed by atoms with Crippen molar-refractivity contribution in [2.24, 2.45) is 0 Å². The van der Waals surface area contributed by atoms with Gasteiger partial charge in [-0.15, -0.1) is 5.10 Å². The Morgan fingerprint density at radius 1 is 1.06 bits per heavy atom. The second-order valence-corrected chi connectivity index (χ2v) is 7.64. The summed E-state index contributed by atoms with van der Waals surface area (Å²) < 4.78 is 6.82. The molecule has 0 saturated carbocycles. The normalized spacial score (nSPS) is 13.0. The van der Waals surface area contributed by atoms with Gasteiger partial charge in [0, 0.05) is 11.6 Å². The fourth-order valence-electron chi connectivity index (χ4n) is 3.32. The third-order valence-electron chi connectivity index (χ3n) is 5.35. The monoisotopic (exact) mass is 415 g/mol. The second-order valence-electron chi connectivity index (χ2n) is 7.64. The van der Waals surface area contributed by atoms with Crippen LogP contribution in [0.4, 0.5) is 0 Å². The Kier molecular flexibility index (Phi) is 5.66. The zero-order chi connectivity index (χ0) is 22.0. The predicted molar refractivity (Wildman–Crippen MR) is 119 cm³/mol. The van der Waals surface area contributed by atoms with Crippen LogP contribution in [-0.2, 0) is 4.79 Å². The van der Waals surface area contributed by atoms with Crippen LogP contribution in [0, 0.1) is 6.92 Å². The van der Waals surface area contributed by atoms with Crippen molar-refractivity contribution < 1.29 is 9.53 Å². The molecule has 7 nitrogen and oxygen atoms in total. The van der Waals surface area contributed by atoms with E-state index in [1.54, 1.807) is 18.0 Å². The SMILES string of the molecule is COc1ccc(-c2cc3nc([C@H](C)NC(=O)[C@H](C)c4ccc(C)cc4)nn3cn2)cc1. The summed E-state index contributed by atoms with van der Waals surface area (Å²) >= 11 is 0. The molecule has 0 aliphatic carbocycles. The molecule has 31 heavy (non-hydrogen) atoms. The van der Waals surface area contributed by atoms with Gasteiger partial charge in [-0.3, -0.25) is 4.79 Å². The van der Waals surface area contributed by atoms with Gasteiger partial charge < -0.3 is 10.1 Å². The number of carbonyl (C=O) groups is 1. The van der Waals surface area contributed by atoms with Crippen LogP contribution in [0.15, 0.2) is 60.9 Å². The van der Waals surface area contributed by atoms with Gasteiger partial charge in [0.05, 0.1) is 24.8 Å². The molecule has 0 saturated heterocycles. The number of fused-ring (bicyclic) bond motifs is 1. The minimum Gasteiger partial charge on any atom is -0.497 e. The highest BCUT2D eigenvalue weighted by atomic mass is 16.5. The van der Waals surface area contributed by atoms with Gasteiger partial charge in [0.25, 0.3) is 0 Å². The quantitative estimate of drug-likeness (QED) is 0.513. The number of carbonyl (C=O) groups excluding carboxylic acids is 1. The summed E-state index contributed by atoms with van der Waals surface area (Å²) in [6, 6.07) is 17.2. The van der Waals surface area contributed by atoms with Crippen LogP contribution in [-0.4, -0.2) is 32.6 Å². The first kappa shape index (κ1) is 20.5. The van der Waals surface area contributed by atoms with Gasteiger partial charge in [0.15, 0.2) is 11.5 Å². The molecule has 0 bridgehead atoms. The van der Waals surface area contributed by atoms with Gasteiger partial charge in [-0.05, 0) is 50.6 Å². The predicted octanol–water partition coefficient (Wildman–Crippen LogP) is 4.09. The largest absolute Gasteiger partial charge is 0.497 e. The number of methoxy groups -OCH3 is 1. The summed E-state index contributed by atoms with van der Waals surface area (Å²) in [5, 5.41) is 7.50. The molecule has 158 valence electrons. The fourth-order valence-corrected chi connectivity index (χ4v) is 3.32. The summed E-state index contributed by atoms with van der Waals surface area (Å²) in [5.41, 5.74) is 4.57. The van der Waals surface area contributed by atoms with Crippen molar-refractivity contribution in [2.45, 2.75) is 32.7 Å². The molecule has 4 aromatic rings. The van der Waals surface area contributed by atoms with E-state index in [9.17, 15) is 4.79 Å². The van der Waals surface area contributed by atoms with E-state index >= 15 is 0 Å². The molecule has 1 amide bonds. The van der Waals surface area contributed by atoms with Crippen molar-refractivity contribution in [3.63, 3.8) is 0 Å². The number of aryl methyl sites for hydroxylation is 1. The first-order chi connectivity index (χ1) is 14.9. The van der Waals surface area contributed by atoms with E-state index in [0.717, 1.165) is 22.6 Å². The van der Waals surface area contributed by atoms with Crippen molar-refractivity contribution in [1.29, 1.82) is 0 Å². The maximum absolute atomic E-state index is 12.7. The lowest BCUT2D eigenvalue weighted by atomic mass is 9.99. The lowest BCUT2D eigenvalue weighted by molar-refractivity contribution is -0.122. The van der Waals surface area contributed by atoms with Crippen molar-refractivity contribution >= 4 is 11.6 Å². The Balaban J connectivity index is 1.50. The number of amides is 1. The summed E-state index contributed by atoms with van der Waals surface area (Å²) in [7, 11) is 1.64. The molecule has 0 fully saturated rings. The van der Waals surface area contributed by atoms with Crippen molar-refractivity contribution in [1.82, 2.24) is 24.9 Å². The Morgan fingerprint density at radius 2 is 1.77 bits per heavy atom. The second kappa shape index (κ2) is 8.55. The molecule has 0 unspecified atom stereocenters. The van der Waals surface area contributed by atoms with Crippen LogP contribution in [0.3, 0.4) is 0 Å². The van der Waals surface area contributed by atoms with E-state index in [0.29, 0.717) is 11.5 Å². The Hall–Kier alpha value is -3.74. The van der Waals surface area contributed by atoms with E-state index in [2.05, 4.69) is 20.4 Å². The molecule has 2 atom stereocenters. The van der Waals surface area contributed by atoms with Crippen molar-refractivity contribution in [2.75, 3.05) is 7.11 Å². The van der Waals surface area contributed by atoms with E-state index in [4.69, 9.17) is 4.74 Å². The molecular formula is C24H25N5O2. The van der Waals surface area contributed by atoms with Crippen LogP contribution < -0.4 is 10.1 Å². The van der Waals surface area contributed by atoms with Crippen LogP contribution >= 0.6 is 0 Å². The molecule has 0 spiro atoms. The minimum atomic E-state index is -0.329. The number of ether oxygens (including phenoxy) is 1. The summed E-state index contributed by atoms with van der Waals surface area (Å²) in [6.07, 6.45) is 1.63. The molecular weight excluding hydrogens is 390 g/mol. The Labute approximate surface area is 181 Å². The average Bonchev–Trinajstić information content (AvgIpc) is 3.23. The molecule has 0 aliphatic rings. The molecule has 0 aliphatic heterocycles. The van der Waals surface area contributed by atoms with E-state index in [1.165, 1.54) is 5.56 Å². The summed E-state index contributed by atoms with van der Waals surface area (Å²) in [6.45, 7) is 5.81. The number of hydrogen-bond donors (Lipinski definition) is 1. The van der Waals surface area contributed by atoms with Crippen molar-refractivity contribution in [3.05, 3.63) is 77.9 Å². The zero-order valence-corrected chi connectivity index (χ0v) is 18.0. The van der Waals surface area contributed by atoms with Gasteiger partial charge in [-0.25, -0.2) is 14.5 Å². The molecule has 7 heteroatoms. The molecule has 1 N–H and O–H groups in total. The number of rotatable bonds is 6. The molecule has 0 radical (unpaired) electrons. The fraction of sp³-hybridized carbons (Fsp3) is 0.250. The molecule has 2 aromatic heterocycles. The maximum Gasteiger partial charge on any atom is 0.227 e. The number of aromatic nitrogens is 4. The summed E-state index contributed by atoms with van der Waals surface area (Å²) in [5.74, 6) is 1.01. The van der Waals surface area contributed by atoms with Gasteiger partial charge in [0.1, 0.15) is 12.1 Å². The van der Waals surface area contributed by atoms with Crippen LogP contribution in [0.2, 0.25) is 0 Å². The van der Waals surface area contributed by atoms with Gasteiger partial charge in [-0.2, -0.15) is 0 Å². The highest BCUT2D eigenvalue weighted by molar-refractivity contribution is 5.83. The number of benzene rings is 2. The zero-order valence-electron chi connectivity index (χ0n) is 18.0. The number of nitrogens with zero attached hydrogens (tertiary/aromatic N) is 4. The van der Waals surface area contributed by atoms with Gasteiger partial charge in [-0.1, -0.05) is 29.8 Å². The van der Waals surface area contributed by atoms with Crippen LogP contribution in [0.1, 0.15) is 42.8 Å². The standard InChI is InChI=1S/C24H25N5O2/c1-15-5-7-18(8-6-15)16(2)24(30)26-17(3)23-27-22-13-21(25-14-29(22)28-23)19-9-11-20(31-4)12-10-19/h5-14,16-17H,1-4H3,(H,26,30)/t16-,17+/m1/s1. The van der Waals surface area contributed by atoms with E-state index in [1.807, 2.05) is 75.4 Å². The first-order valence-electron chi connectivity index (χ1n) is 10.2. The van der Waals surface area contributed by atoms with Crippen LogP contribution in [0.25, 0.3) is 16.9 Å². The van der Waals surface area contributed by atoms with Crippen LogP contribution in [0.5, 0.6) is 5.75 Å². The minimum absolute atomic E-state index is 0.0627. The molecule has 2 heterocycles.